The third kappa shape index (κ3) is 3.46. The fourth-order valence-electron chi connectivity index (χ4n) is 1.96. The highest BCUT2D eigenvalue weighted by atomic mass is 32.2. The summed E-state index contributed by atoms with van der Waals surface area (Å²) >= 11 is -0.0934. The predicted molar refractivity (Wildman–Crippen MR) is 75.8 cm³/mol. The lowest BCUT2D eigenvalue weighted by molar-refractivity contribution is -0.0328. The number of imidazole rings is 1. The van der Waals surface area contributed by atoms with E-state index < -0.39 is 5.51 Å². The van der Waals surface area contributed by atoms with E-state index in [4.69, 9.17) is 15.2 Å². The molecule has 5 nitrogen and oxygen atoms in total. The van der Waals surface area contributed by atoms with Crippen molar-refractivity contribution in [2.75, 3.05) is 25.7 Å². The molecule has 0 radical (unpaired) electrons. The Hall–Kier alpha value is -1.77. The summed E-state index contributed by atoms with van der Waals surface area (Å²) in [6.07, 6.45) is 0. The van der Waals surface area contributed by atoms with Crippen LogP contribution in [0.5, 0.6) is 11.5 Å². The highest BCUT2D eigenvalue weighted by molar-refractivity contribution is 8.00. The van der Waals surface area contributed by atoms with E-state index in [-0.39, 0.29) is 30.0 Å². The molecule has 116 valence electrons. The SMILES string of the molecule is COc1cc2nc(N)n(CCSC(F)(F)F)c2cc1OC. The van der Waals surface area contributed by atoms with Gasteiger partial charge in [0.1, 0.15) is 0 Å². The van der Waals surface area contributed by atoms with Crippen LogP contribution in [0.1, 0.15) is 0 Å². The average molecular weight is 321 g/mol. The molecule has 1 aromatic heterocycles. The Morgan fingerprint density at radius 1 is 1.24 bits per heavy atom. The van der Waals surface area contributed by atoms with E-state index in [1.165, 1.54) is 18.8 Å². The number of nitrogens with two attached hydrogens (primary N) is 1. The van der Waals surface area contributed by atoms with E-state index in [0.717, 1.165) is 0 Å². The Bertz CT molecular complexity index is 643. The zero-order chi connectivity index (χ0) is 15.6. The van der Waals surface area contributed by atoms with Crippen LogP contribution in [-0.2, 0) is 6.54 Å². The summed E-state index contributed by atoms with van der Waals surface area (Å²) in [6.45, 7) is 0.0992. The topological polar surface area (TPSA) is 62.3 Å². The number of thioether (sulfide) groups is 1. The van der Waals surface area contributed by atoms with Crippen molar-refractivity contribution >= 4 is 28.7 Å². The lowest BCUT2D eigenvalue weighted by Crippen LogP contribution is -2.09. The minimum Gasteiger partial charge on any atom is -0.493 e. The number of anilines is 1. The first-order valence-corrected chi connectivity index (χ1v) is 6.92. The van der Waals surface area contributed by atoms with Crippen molar-refractivity contribution in [2.24, 2.45) is 0 Å². The number of hydrogen-bond acceptors (Lipinski definition) is 5. The molecule has 0 bridgehead atoms. The molecular formula is C12H14F3N3O2S. The van der Waals surface area contributed by atoms with Gasteiger partial charge in [0.25, 0.3) is 0 Å². The maximum Gasteiger partial charge on any atom is 0.441 e. The number of methoxy groups -OCH3 is 2. The molecule has 2 aromatic rings. The molecule has 0 aliphatic carbocycles. The minimum absolute atomic E-state index is 0.0934. The monoisotopic (exact) mass is 321 g/mol. The van der Waals surface area contributed by atoms with Gasteiger partial charge in [-0.2, -0.15) is 13.2 Å². The molecule has 0 saturated heterocycles. The molecule has 0 saturated carbocycles. The maximum atomic E-state index is 12.2. The third-order valence-corrected chi connectivity index (χ3v) is 3.58. The average Bonchev–Trinajstić information content (AvgIpc) is 2.71. The summed E-state index contributed by atoms with van der Waals surface area (Å²) < 4.78 is 48.4. The molecule has 2 N–H and O–H groups in total. The van der Waals surface area contributed by atoms with Gasteiger partial charge in [-0.15, -0.1) is 0 Å². The second kappa shape index (κ2) is 5.92. The third-order valence-electron chi connectivity index (χ3n) is 2.86. The van der Waals surface area contributed by atoms with E-state index in [9.17, 15) is 13.2 Å². The Balaban J connectivity index is 2.33. The zero-order valence-electron chi connectivity index (χ0n) is 11.4. The van der Waals surface area contributed by atoms with Crippen molar-refractivity contribution < 1.29 is 22.6 Å². The smallest absolute Gasteiger partial charge is 0.441 e. The molecular weight excluding hydrogens is 307 g/mol. The molecule has 0 spiro atoms. The van der Waals surface area contributed by atoms with Crippen LogP contribution < -0.4 is 15.2 Å². The number of nitrogen functional groups attached to an aromatic ring is 1. The Morgan fingerprint density at radius 3 is 2.43 bits per heavy atom. The van der Waals surface area contributed by atoms with Crippen molar-refractivity contribution in [1.29, 1.82) is 0 Å². The predicted octanol–water partition coefficient (Wildman–Crippen LogP) is 2.89. The Kier molecular flexibility index (Phi) is 4.40. The summed E-state index contributed by atoms with van der Waals surface area (Å²) in [5.74, 6) is 0.963. The molecule has 9 heteroatoms. The van der Waals surface area contributed by atoms with Crippen molar-refractivity contribution in [1.82, 2.24) is 9.55 Å². The molecule has 0 fully saturated rings. The molecule has 1 heterocycles. The number of alkyl halides is 3. The highest BCUT2D eigenvalue weighted by Gasteiger charge is 2.27. The molecule has 2 rings (SSSR count). The van der Waals surface area contributed by atoms with Gasteiger partial charge in [0.05, 0.1) is 25.3 Å². The van der Waals surface area contributed by atoms with Crippen LogP contribution in [0.25, 0.3) is 11.0 Å². The summed E-state index contributed by atoms with van der Waals surface area (Å²) in [4.78, 5) is 4.13. The Morgan fingerprint density at radius 2 is 1.86 bits per heavy atom. The van der Waals surface area contributed by atoms with Gasteiger partial charge in [-0.25, -0.2) is 4.98 Å². The summed E-state index contributed by atoms with van der Waals surface area (Å²) in [5, 5.41) is 0. The molecule has 0 aliphatic rings. The van der Waals surface area contributed by atoms with Crippen molar-refractivity contribution in [2.45, 2.75) is 12.1 Å². The number of aryl methyl sites for hydroxylation is 1. The van der Waals surface area contributed by atoms with Crippen molar-refractivity contribution in [3.8, 4) is 11.5 Å². The fourth-order valence-corrected chi connectivity index (χ4v) is 2.46. The van der Waals surface area contributed by atoms with Crippen LogP contribution in [0.15, 0.2) is 12.1 Å². The Labute approximate surface area is 123 Å². The number of ether oxygens (including phenoxy) is 2. The van der Waals surface area contributed by atoms with Crippen LogP contribution in [0.3, 0.4) is 0 Å². The van der Waals surface area contributed by atoms with Gasteiger partial charge >= 0.3 is 5.51 Å². The quantitative estimate of drug-likeness (QED) is 0.917. The fraction of sp³-hybridized carbons (Fsp3) is 0.417. The standard InChI is InChI=1S/C12H14F3N3O2S/c1-19-9-5-7-8(6-10(9)20-2)18(11(16)17-7)3-4-21-12(13,14)15/h5-6H,3-4H2,1-2H3,(H2,16,17). The van der Waals surface area contributed by atoms with Crippen LogP contribution >= 0.6 is 11.8 Å². The van der Waals surface area contributed by atoms with Crippen molar-refractivity contribution in [3.05, 3.63) is 12.1 Å². The van der Waals surface area contributed by atoms with Crippen LogP contribution in [-0.4, -0.2) is 35.0 Å². The molecule has 0 unspecified atom stereocenters. The minimum atomic E-state index is -4.26. The first-order chi connectivity index (χ1) is 9.85. The lowest BCUT2D eigenvalue weighted by Gasteiger charge is -2.10. The number of aromatic nitrogens is 2. The largest absolute Gasteiger partial charge is 0.493 e. The van der Waals surface area contributed by atoms with Gasteiger partial charge in [-0.1, -0.05) is 0 Å². The zero-order valence-corrected chi connectivity index (χ0v) is 12.2. The first kappa shape index (κ1) is 15.6. The van der Waals surface area contributed by atoms with Gasteiger partial charge in [-0.05, 0) is 11.8 Å². The van der Waals surface area contributed by atoms with Crippen LogP contribution in [0.4, 0.5) is 19.1 Å². The maximum absolute atomic E-state index is 12.2. The second-order valence-corrected chi connectivity index (χ2v) is 5.27. The number of halogens is 3. The molecule has 0 atom stereocenters. The number of fused-ring (bicyclic) bond motifs is 1. The lowest BCUT2D eigenvalue weighted by atomic mass is 10.2. The second-order valence-electron chi connectivity index (χ2n) is 4.11. The number of rotatable bonds is 5. The molecule has 1 aromatic carbocycles. The van der Waals surface area contributed by atoms with E-state index in [2.05, 4.69) is 4.98 Å². The molecule has 0 aliphatic heterocycles. The first-order valence-electron chi connectivity index (χ1n) is 5.94. The normalized spacial score (nSPS) is 11.9. The molecule has 0 amide bonds. The highest BCUT2D eigenvalue weighted by Crippen LogP contribution is 2.34. The summed E-state index contributed by atoms with van der Waals surface area (Å²) in [6, 6.07) is 3.29. The molecule has 21 heavy (non-hydrogen) atoms. The van der Waals surface area contributed by atoms with Gasteiger partial charge in [0, 0.05) is 24.4 Å². The van der Waals surface area contributed by atoms with Gasteiger partial charge in [0.15, 0.2) is 11.5 Å². The van der Waals surface area contributed by atoms with Crippen LogP contribution in [0, 0.1) is 0 Å². The van der Waals surface area contributed by atoms with Crippen LogP contribution in [0.2, 0.25) is 0 Å². The van der Waals surface area contributed by atoms with Crippen molar-refractivity contribution in [3.63, 3.8) is 0 Å². The summed E-state index contributed by atoms with van der Waals surface area (Å²) in [5.41, 5.74) is 2.66. The van der Waals surface area contributed by atoms with E-state index in [1.54, 1.807) is 12.1 Å². The van der Waals surface area contributed by atoms with Gasteiger partial charge < -0.3 is 19.8 Å². The van der Waals surface area contributed by atoms with E-state index >= 15 is 0 Å². The number of nitrogens with zero attached hydrogens (tertiary/aromatic N) is 2. The summed E-state index contributed by atoms with van der Waals surface area (Å²) in [7, 11) is 2.97. The van der Waals surface area contributed by atoms with Gasteiger partial charge in [0.2, 0.25) is 5.95 Å². The van der Waals surface area contributed by atoms with E-state index in [0.29, 0.717) is 22.5 Å². The van der Waals surface area contributed by atoms with Gasteiger partial charge in [-0.3, -0.25) is 0 Å². The van der Waals surface area contributed by atoms with E-state index in [1.807, 2.05) is 0 Å². The number of hydrogen-bond donors (Lipinski definition) is 1. The number of benzene rings is 1.